The monoisotopic (exact) mass is 372 g/mol. The van der Waals surface area contributed by atoms with Crippen molar-refractivity contribution in [1.82, 2.24) is 9.80 Å². The van der Waals surface area contributed by atoms with Gasteiger partial charge in [-0.2, -0.15) is 13.2 Å². The van der Waals surface area contributed by atoms with Crippen LogP contribution < -0.4 is 4.74 Å². The van der Waals surface area contributed by atoms with E-state index in [0.717, 1.165) is 6.92 Å². The van der Waals surface area contributed by atoms with Gasteiger partial charge in [0.05, 0.1) is 13.0 Å². The molecule has 0 saturated carbocycles. The van der Waals surface area contributed by atoms with Crippen LogP contribution in [0, 0.1) is 5.92 Å². The lowest BCUT2D eigenvalue weighted by molar-refractivity contribution is -0.177. The number of piperazine rings is 1. The van der Waals surface area contributed by atoms with E-state index < -0.39 is 24.4 Å². The van der Waals surface area contributed by atoms with E-state index in [1.165, 1.54) is 12.0 Å². The molecular weight excluding hydrogens is 349 g/mol. The average molecular weight is 372 g/mol. The summed E-state index contributed by atoms with van der Waals surface area (Å²) in [6, 6.07) is 6.37. The molecule has 0 N–H and O–H groups in total. The number of carbonyl (C=O) groups excluding carboxylic acids is 2. The van der Waals surface area contributed by atoms with Crippen LogP contribution in [-0.2, 0) is 4.79 Å². The van der Waals surface area contributed by atoms with Gasteiger partial charge in [-0.15, -0.1) is 0 Å². The molecule has 1 heterocycles. The van der Waals surface area contributed by atoms with Crippen molar-refractivity contribution in [3.63, 3.8) is 0 Å². The molecule has 0 aliphatic carbocycles. The maximum atomic E-state index is 12.7. The second-order valence-electron chi connectivity index (χ2n) is 6.56. The number of benzene rings is 1. The Bertz CT molecular complexity index is 646. The molecule has 1 aliphatic rings. The number of methoxy groups -OCH3 is 1. The van der Waals surface area contributed by atoms with Crippen LogP contribution in [0.2, 0.25) is 0 Å². The zero-order valence-corrected chi connectivity index (χ0v) is 15.0. The Kier molecular flexibility index (Phi) is 6.15. The highest BCUT2D eigenvalue weighted by Crippen LogP contribution is 2.29. The Morgan fingerprint density at radius 2 is 1.85 bits per heavy atom. The number of hydrogen-bond acceptors (Lipinski definition) is 3. The quantitative estimate of drug-likeness (QED) is 0.817. The van der Waals surface area contributed by atoms with Crippen molar-refractivity contribution < 1.29 is 27.5 Å². The molecule has 26 heavy (non-hydrogen) atoms. The van der Waals surface area contributed by atoms with Gasteiger partial charge in [0.15, 0.2) is 0 Å². The molecule has 0 radical (unpaired) electrons. The number of rotatable bonds is 4. The van der Waals surface area contributed by atoms with E-state index in [1.807, 2.05) is 0 Å². The van der Waals surface area contributed by atoms with Crippen LogP contribution in [0.15, 0.2) is 24.3 Å². The maximum Gasteiger partial charge on any atom is 0.392 e. The molecule has 2 rings (SSSR count). The third-order valence-corrected chi connectivity index (χ3v) is 4.61. The molecule has 5 nitrogen and oxygen atoms in total. The van der Waals surface area contributed by atoms with Crippen LogP contribution in [0.1, 0.15) is 30.6 Å². The third-order valence-electron chi connectivity index (χ3n) is 4.61. The van der Waals surface area contributed by atoms with Gasteiger partial charge < -0.3 is 14.5 Å². The third kappa shape index (κ3) is 4.68. The van der Waals surface area contributed by atoms with Gasteiger partial charge in [-0.05, 0) is 31.2 Å². The Balaban J connectivity index is 1.96. The fourth-order valence-electron chi connectivity index (χ4n) is 2.92. The predicted molar refractivity (Wildman–Crippen MR) is 89.9 cm³/mol. The summed E-state index contributed by atoms with van der Waals surface area (Å²) in [5, 5.41) is 0. The van der Waals surface area contributed by atoms with Gasteiger partial charge in [-0.25, -0.2) is 0 Å². The van der Waals surface area contributed by atoms with Crippen molar-refractivity contribution in [2.75, 3.05) is 26.7 Å². The topological polar surface area (TPSA) is 49.9 Å². The number of alkyl halides is 3. The Hall–Kier alpha value is -2.25. The Morgan fingerprint density at radius 1 is 1.23 bits per heavy atom. The van der Waals surface area contributed by atoms with Gasteiger partial charge in [0, 0.05) is 37.7 Å². The van der Waals surface area contributed by atoms with E-state index in [0.29, 0.717) is 17.9 Å². The first-order chi connectivity index (χ1) is 12.1. The van der Waals surface area contributed by atoms with Crippen LogP contribution in [-0.4, -0.2) is 60.6 Å². The van der Waals surface area contributed by atoms with Crippen molar-refractivity contribution in [3.05, 3.63) is 29.8 Å². The maximum absolute atomic E-state index is 12.7. The first-order valence-electron chi connectivity index (χ1n) is 8.43. The highest BCUT2D eigenvalue weighted by Gasteiger charge is 2.39. The highest BCUT2D eigenvalue weighted by molar-refractivity contribution is 5.94. The first kappa shape index (κ1) is 20.1. The molecule has 1 saturated heterocycles. The van der Waals surface area contributed by atoms with E-state index >= 15 is 0 Å². The largest absolute Gasteiger partial charge is 0.497 e. The predicted octanol–water partition coefficient (Wildman–Crippen LogP) is 2.96. The number of amides is 2. The molecule has 1 aliphatic heterocycles. The molecule has 0 spiro atoms. The van der Waals surface area contributed by atoms with Crippen LogP contribution >= 0.6 is 0 Å². The summed E-state index contributed by atoms with van der Waals surface area (Å²) in [7, 11) is 1.54. The summed E-state index contributed by atoms with van der Waals surface area (Å²) in [5.74, 6) is -1.74. The normalized spacial score (nSPS) is 19.2. The van der Waals surface area contributed by atoms with Gasteiger partial charge in [0.2, 0.25) is 5.91 Å². The summed E-state index contributed by atoms with van der Waals surface area (Å²) in [6.45, 7) is 3.56. The van der Waals surface area contributed by atoms with Crippen LogP contribution in [0.25, 0.3) is 0 Å². The summed E-state index contributed by atoms with van der Waals surface area (Å²) < 4.78 is 43.0. The standard InChI is InChI=1S/C18H23F3N2O3/c1-12(18(19,20)21)10-16(24)23-9-8-22(11-13(23)2)17(25)14-4-6-15(26-3)7-5-14/h4-7,12-13H,8-11H2,1-3H3/t12?,13-/m0/s1. The molecule has 2 atom stereocenters. The van der Waals surface area contributed by atoms with E-state index in [2.05, 4.69) is 0 Å². The minimum absolute atomic E-state index is 0.171. The van der Waals surface area contributed by atoms with E-state index in [1.54, 1.807) is 36.1 Å². The lowest BCUT2D eigenvalue weighted by Gasteiger charge is -2.40. The number of ether oxygens (including phenoxy) is 1. The van der Waals surface area contributed by atoms with Crippen LogP contribution in [0.3, 0.4) is 0 Å². The molecular formula is C18H23F3N2O3. The highest BCUT2D eigenvalue weighted by atomic mass is 19.4. The smallest absolute Gasteiger partial charge is 0.392 e. The fourth-order valence-corrected chi connectivity index (χ4v) is 2.92. The fraction of sp³-hybridized carbons (Fsp3) is 0.556. The van der Waals surface area contributed by atoms with Crippen molar-refractivity contribution in [3.8, 4) is 5.75 Å². The summed E-state index contributed by atoms with van der Waals surface area (Å²) in [6.07, 6.45) is -4.95. The van der Waals surface area contributed by atoms with Gasteiger partial charge in [0.1, 0.15) is 5.75 Å². The van der Waals surface area contributed by atoms with Crippen molar-refractivity contribution in [2.24, 2.45) is 5.92 Å². The van der Waals surface area contributed by atoms with Crippen molar-refractivity contribution in [1.29, 1.82) is 0 Å². The van der Waals surface area contributed by atoms with Gasteiger partial charge in [-0.1, -0.05) is 6.92 Å². The van der Waals surface area contributed by atoms with E-state index in [-0.39, 0.29) is 25.0 Å². The number of hydrogen-bond donors (Lipinski definition) is 0. The van der Waals surface area contributed by atoms with Gasteiger partial charge in [-0.3, -0.25) is 9.59 Å². The van der Waals surface area contributed by atoms with E-state index in [4.69, 9.17) is 4.74 Å². The Labute approximate surface area is 150 Å². The number of halogens is 3. The SMILES string of the molecule is COc1ccc(C(=O)N2CCN(C(=O)CC(C)C(F)(F)F)[C@@H](C)C2)cc1. The Morgan fingerprint density at radius 3 is 2.35 bits per heavy atom. The molecule has 1 aromatic rings. The van der Waals surface area contributed by atoms with Crippen molar-refractivity contribution in [2.45, 2.75) is 32.5 Å². The second kappa shape index (κ2) is 7.97. The van der Waals surface area contributed by atoms with Crippen molar-refractivity contribution >= 4 is 11.8 Å². The summed E-state index contributed by atoms with van der Waals surface area (Å²) >= 11 is 0. The molecule has 0 aromatic heterocycles. The van der Waals surface area contributed by atoms with Crippen LogP contribution in [0.4, 0.5) is 13.2 Å². The first-order valence-corrected chi connectivity index (χ1v) is 8.43. The molecule has 1 unspecified atom stereocenters. The van der Waals surface area contributed by atoms with Gasteiger partial charge >= 0.3 is 6.18 Å². The second-order valence-corrected chi connectivity index (χ2v) is 6.56. The minimum Gasteiger partial charge on any atom is -0.497 e. The molecule has 1 aromatic carbocycles. The molecule has 2 amide bonds. The lowest BCUT2D eigenvalue weighted by atomic mass is 10.0. The zero-order valence-electron chi connectivity index (χ0n) is 15.0. The van der Waals surface area contributed by atoms with E-state index in [9.17, 15) is 22.8 Å². The zero-order chi connectivity index (χ0) is 19.5. The number of carbonyl (C=O) groups is 2. The number of nitrogens with zero attached hydrogens (tertiary/aromatic N) is 2. The molecule has 0 bridgehead atoms. The lowest BCUT2D eigenvalue weighted by Crippen LogP contribution is -2.55. The molecule has 1 fully saturated rings. The summed E-state index contributed by atoms with van der Waals surface area (Å²) in [5.41, 5.74) is 0.503. The molecule has 144 valence electrons. The minimum atomic E-state index is -4.38. The van der Waals surface area contributed by atoms with Crippen LogP contribution in [0.5, 0.6) is 5.75 Å². The molecule has 8 heteroatoms. The average Bonchev–Trinajstić information content (AvgIpc) is 2.60. The van der Waals surface area contributed by atoms with Gasteiger partial charge in [0.25, 0.3) is 5.91 Å². The summed E-state index contributed by atoms with van der Waals surface area (Å²) in [4.78, 5) is 27.8.